The summed E-state index contributed by atoms with van der Waals surface area (Å²) in [5.41, 5.74) is 1.72. The molecule has 0 unspecified atom stereocenters. The van der Waals surface area contributed by atoms with Crippen molar-refractivity contribution in [2.45, 2.75) is 32.7 Å². The summed E-state index contributed by atoms with van der Waals surface area (Å²) in [5, 5.41) is 11.6. The first kappa shape index (κ1) is 17.3. The molecule has 5 nitrogen and oxygen atoms in total. The first-order chi connectivity index (χ1) is 11.0. The molecule has 23 heavy (non-hydrogen) atoms. The van der Waals surface area contributed by atoms with Crippen LogP contribution in [0, 0.1) is 17.2 Å². The van der Waals surface area contributed by atoms with Crippen LogP contribution in [0.4, 0.5) is 10.5 Å². The zero-order valence-electron chi connectivity index (χ0n) is 14.2. The van der Waals surface area contributed by atoms with Crippen LogP contribution in [-0.4, -0.2) is 48.6 Å². The molecule has 1 aliphatic heterocycles. The molecule has 0 bridgehead atoms. The highest BCUT2D eigenvalue weighted by molar-refractivity contribution is 5.89. The average Bonchev–Trinajstić information content (AvgIpc) is 2.56. The van der Waals surface area contributed by atoms with Gasteiger partial charge in [0.25, 0.3) is 0 Å². The number of anilines is 1. The monoisotopic (exact) mass is 314 g/mol. The first-order valence-electron chi connectivity index (χ1n) is 8.27. The maximum Gasteiger partial charge on any atom is 0.321 e. The quantitative estimate of drug-likeness (QED) is 0.929. The van der Waals surface area contributed by atoms with E-state index in [-0.39, 0.29) is 12.1 Å². The van der Waals surface area contributed by atoms with Crippen LogP contribution in [0.25, 0.3) is 0 Å². The van der Waals surface area contributed by atoms with E-state index in [1.165, 1.54) is 0 Å². The summed E-state index contributed by atoms with van der Waals surface area (Å²) in [5.74, 6) is 0.470. The van der Waals surface area contributed by atoms with Crippen LogP contribution < -0.4 is 5.32 Å². The molecule has 1 N–H and O–H groups in total. The summed E-state index contributed by atoms with van der Waals surface area (Å²) in [4.78, 5) is 16.7. The molecule has 2 amide bonds. The number of rotatable bonds is 4. The second-order valence-corrected chi connectivity index (χ2v) is 6.30. The molecule has 2 atom stereocenters. The fourth-order valence-electron chi connectivity index (χ4n) is 3.24. The van der Waals surface area contributed by atoms with Gasteiger partial charge in [0.05, 0.1) is 12.5 Å². The van der Waals surface area contributed by atoms with Crippen LogP contribution in [-0.2, 0) is 6.42 Å². The lowest BCUT2D eigenvalue weighted by Gasteiger charge is -2.40. The minimum Gasteiger partial charge on any atom is -0.324 e. The van der Waals surface area contributed by atoms with Crippen molar-refractivity contribution in [1.82, 2.24) is 9.80 Å². The smallest absolute Gasteiger partial charge is 0.321 e. The molecule has 0 radical (unpaired) electrons. The Hall–Kier alpha value is -2.06. The van der Waals surface area contributed by atoms with E-state index < -0.39 is 0 Å². The van der Waals surface area contributed by atoms with Gasteiger partial charge in [0, 0.05) is 31.9 Å². The van der Waals surface area contributed by atoms with E-state index in [1.54, 1.807) is 0 Å². The number of hydrogen-bond acceptors (Lipinski definition) is 3. The van der Waals surface area contributed by atoms with Crippen molar-refractivity contribution in [3.8, 4) is 6.07 Å². The van der Waals surface area contributed by atoms with Crippen LogP contribution in [0.1, 0.15) is 25.8 Å². The Bertz CT molecular complexity index is 563. The van der Waals surface area contributed by atoms with E-state index in [2.05, 4.69) is 30.1 Å². The van der Waals surface area contributed by atoms with Crippen molar-refractivity contribution in [2.24, 2.45) is 5.92 Å². The number of urea groups is 1. The Morgan fingerprint density at radius 1 is 1.43 bits per heavy atom. The second-order valence-electron chi connectivity index (χ2n) is 6.30. The molecule has 0 aliphatic carbocycles. The van der Waals surface area contributed by atoms with Crippen molar-refractivity contribution in [3.63, 3.8) is 0 Å². The second kappa shape index (κ2) is 7.98. The normalized spacial score (nSPS) is 21.5. The number of carbonyl (C=O) groups is 1. The van der Waals surface area contributed by atoms with Gasteiger partial charge < -0.3 is 15.1 Å². The maximum absolute atomic E-state index is 12.5. The van der Waals surface area contributed by atoms with Crippen molar-refractivity contribution < 1.29 is 4.79 Å². The van der Waals surface area contributed by atoms with E-state index in [1.807, 2.05) is 36.2 Å². The molecular formula is C18H26N4O. The highest BCUT2D eigenvalue weighted by Gasteiger charge is 2.30. The van der Waals surface area contributed by atoms with Gasteiger partial charge in [0.1, 0.15) is 0 Å². The molecule has 1 aromatic rings. The minimum absolute atomic E-state index is 0.0696. The van der Waals surface area contributed by atoms with Crippen LogP contribution in [0.2, 0.25) is 0 Å². The number of benzene rings is 1. The molecule has 0 saturated carbocycles. The standard InChI is InChI=1S/C18H26N4O/c1-4-22-12-10-17(14(2)13-22)21(3)18(23)20-16-7-5-15(6-8-16)9-11-19/h5-8,14,17H,4,9-10,12-13H2,1-3H3,(H,20,23)/t14-,17-/m1/s1. The zero-order valence-corrected chi connectivity index (χ0v) is 14.2. The lowest BCUT2D eigenvalue weighted by Crippen LogP contribution is -2.51. The topological polar surface area (TPSA) is 59.4 Å². The van der Waals surface area contributed by atoms with Crippen LogP contribution in [0.3, 0.4) is 0 Å². The van der Waals surface area contributed by atoms with Crippen LogP contribution in [0.5, 0.6) is 0 Å². The van der Waals surface area contributed by atoms with Gasteiger partial charge in [0.15, 0.2) is 0 Å². The van der Waals surface area contributed by atoms with Crippen molar-refractivity contribution in [3.05, 3.63) is 29.8 Å². The fourth-order valence-corrected chi connectivity index (χ4v) is 3.24. The average molecular weight is 314 g/mol. The third kappa shape index (κ3) is 4.46. The molecule has 5 heteroatoms. The lowest BCUT2D eigenvalue weighted by molar-refractivity contribution is 0.101. The molecule has 0 aromatic heterocycles. The van der Waals surface area contributed by atoms with Gasteiger partial charge in [-0.05, 0) is 36.6 Å². The number of hydrogen-bond donors (Lipinski definition) is 1. The van der Waals surface area contributed by atoms with Gasteiger partial charge in [0.2, 0.25) is 0 Å². The third-order valence-corrected chi connectivity index (χ3v) is 4.70. The van der Waals surface area contributed by atoms with E-state index >= 15 is 0 Å². The summed E-state index contributed by atoms with van der Waals surface area (Å²) in [6.45, 7) is 7.56. The zero-order chi connectivity index (χ0) is 16.8. The van der Waals surface area contributed by atoms with Crippen LogP contribution in [0.15, 0.2) is 24.3 Å². The predicted molar refractivity (Wildman–Crippen MR) is 92.2 cm³/mol. The number of piperidine rings is 1. The molecular weight excluding hydrogens is 288 g/mol. The number of amides is 2. The van der Waals surface area contributed by atoms with Crippen molar-refractivity contribution in [1.29, 1.82) is 5.26 Å². The van der Waals surface area contributed by atoms with Gasteiger partial charge in [-0.1, -0.05) is 26.0 Å². The third-order valence-electron chi connectivity index (χ3n) is 4.70. The molecule has 1 aliphatic rings. The number of nitrogens with zero attached hydrogens (tertiary/aromatic N) is 3. The summed E-state index contributed by atoms with van der Waals surface area (Å²) < 4.78 is 0. The Balaban J connectivity index is 1.93. The van der Waals surface area contributed by atoms with Gasteiger partial charge >= 0.3 is 6.03 Å². The van der Waals surface area contributed by atoms with Gasteiger partial charge in [-0.25, -0.2) is 4.79 Å². The fraction of sp³-hybridized carbons (Fsp3) is 0.556. The molecule has 1 heterocycles. The van der Waals surface area contributed by atoms with Crippen molar-refractivity contribution >= 4 is 11.7 Å². The molecule has 1 aromatic carbocycles. The molecule has 0 spiro atoms. The van der Waals surface area contributed by atoms with E-state index in [0.29, 0.717) is 12.3 Å². The van der Waals surface area contributed by atoms with Crippen LogP contribution >= 0.6 is 0 Å². The summed E-state index contributed by atoms with van der Waals surface area (Å²) >= 11 is 0. The molecule has 1 fully saturated rings. The maximum atomic E-state index is 12.5. The van der Waals surface area contributed by atoms with Gasteiger partial charge in [-0.3, -0.25) is 0 Å². The Labute approximate surface area is 138 Å². The Morgan fingerprint density at radius 3 is 2.70 bits per heavy atom. The number of nitriles is 1. The first-order valence-corrected chi connectivity index (χ1v) is 8.27. The van der Waals surface area contributed by atoms with E-state index in [4.69, 9.17) is 5.26 Å². The highest BCUT2D eigenvalue weighted by Crippen LogP contribution is 2.22. The minimum atomic E-state index is -0.0696. The summed E-state index contributed by atoms with van der Waals surface area (Å²) in [7, 11) is 1.88. The lowest BCUT2D eigenvalue weighted by atomic mass is 9.93. The Kier molecular flexibility index (Phi) is 6.00. The largest absolute Gasteiger partial charge is 0.324 e. The number of likely N-dealkylation sites (tertiary alicyclic amines) is 1. The number of carbonyl (C=O) groups excluding carboxylic acids is 1. The molecule has 2 rings (SSSR count). The Morgan fingerprint density at radius 2 is 2.13 bits per heavy atom. The van der Waals surface area contributed by atoms with Gasteiger partial charge in [-0.2, -0.15) is 5.26 Å². The summed E-state index contributed by atoms with van der Waals surface area (Å²) in [6.07, 6.45) is 1.40. The van der Waals surface area contributed by atoms with E-state index in [0.717, 1.165) is 37.3 Å². The van der Waals surface area contributed by atoms with Crippen molar-refractivity contribution in [2.75, 3.05) is 32.0 Å². The SMILES string of the molecule is CCN1CC[C@@H](N(C)C(=O)Nc2ccc(CC#N)cc2)[C@H](C)C1. The van der Waals surface area contributed by atoms with Gasteiger partial charge in [-0.15, -0.1) is 0 Å². The number of nitrogens with one attached hydrogen (secondary N) is 1. The predicted octanol–water partition coefficient (Wildman–Crippen LogP) is 2.95. The molecule has 1 saturated heterocycles. The van der Waals surface area contributed by atoms with E-state index in [9.17, 15) is 4.79 Å². The molecule has 124 valence electrons. The highest BCUT2D eigenvalue weighted by atomic mass is 16.2. The summed E-state index contributed by atoms with van der Waals surface area (Å²) in [6, 6.07) is 9.77.